The van der Waals surface area contributed by atoms with E-state index < -0.39 is 5.82 Å². The fraction of sp³-hybridized carbons (Fsp3) is 0. The summed E-state index contributed by atoms with van der Waals surface area (Å²) in [5.74, 6) is -0.426. The molecule has 0 spiro atoms. The number of nitrogens with zero attached hydrogens (tertiary/aromatic N) is 2. The van der Waals surface area contributed by atoms with Crippen molar-refractivity contribution in [3.05, 3.63) is 41.3 Å². The predicted molar refractivity (Wildman–Crippen MR) is 52.6 cm³/mol. The van der Waals surface area contributed by atoms with E-state index in [9.17, 15) is 4.39 Å². The van der Waals surface area contributed by atoms with Gasteiger partial charge in [0.05, 0.1) is 11.9 Å². The molecule has 0 radical (unpaired) electrons. The van der Waals surface area contributed by atoms with Crippen LogP contribution in [0.1, 0.15) is 0 Å². The molecule has 2 aromatic rings. The number of hydrogen-bond acceptors (Lipinski definition) is 3. The molecule has 2 rings (SSSR count). The van der Waals surface area contributed by atoms with Crippen molar-refractivity contribution in [2.75, 3.05) is 0 Å². The molecule has 0 amide bonds. The molecule has 0 saturated heterocycles. The molecule has 0 saturated carbocycles. The fourth-order valence-corrected chi connectivity index (χ4v) is 1.26. The first kappa shape index (κ1) is 8.96. The molecular weight excluding hydrogens is 201 g/mol. The minimum absolute atomic E-state index is 0.262. The number of pyridine rings is 1. The molecule has 70 valence electrons. The van der Waals surface area contributed by atoms with Gasteiger partial charge >= 0.3 is 0 Å². The molecule has 0 bridgehead atoms. The SMILES string of the molecule is Fc1cnc(=S)[nH]c1-c1ccncc1. The quantitative estimate of drug-likeness (QED) is 0.730. The van der Waals surface area contributed by atoms with Crippen molar-refractivity contribution < 1.29 is 4.39 Å². The van der Waals surface area contributed by atoms with Gasteiger partial charge in [0.15, 0.2) is 10.6 Å². The summed E-state index contributed by atoms with van der Waals surface area (Å²) < 4.78 is 13.6. The highest BCUT2D eigenvalue weighted by Gasteiger charge is 2.04. The minimum Gasteiger partial charge on any atom is -0.328 e. The topological polar surface area (TPSA) is 41.6 Å². The molecule has 0 atom stereocenters. The molecule has 3 nitrogen and oxygen atoms in total. The summed E-state index contributed by atoms with van der Waals surface area (Å²) in [4.78, 5) is 10.2. The number of halogens is 1. The number of nitrogens with one attached hydrogen (secondary N) is 1. The van der Waals surface area contributed by atoms with E-state index in [1.807, 2.05) is 0 Å². The van der Waals surface area contributed by atoms with Gasteiger partial charge in [0.2, 0.25) is 0 Å². The number of aromatic amines is 1. The first-order valence-corrected chi connectivity index (χ1v) is 4.33. The van der Waals surface area contributed by atoms with Crippen molar-refractivity contribution >= 4 is 12.2 Å². The second kappa shape index (κ2) is 3.63. The summed E-state index contributed by atoms with van der Waals surface area (Å²) in [6, 6.07) is 3.40. The number of rotatable bonds is 1. The average Bonchev–Trinajstić information content (AvgIpc) is 2.23. The maximum atomic E-state index is 13.3. The lowest BCUT2D eigenvalue weighted by molar-refractivity contribution is 0.617. The Kier molecular flexibility index (Phi) is 2.32. The average molecular weight is 207 g/mol. The Morgan fingerprint density at radius 2 is 2.00 bits per heavy atom. The van der Waals surface area contributed by atoms with E-state index in [1.165, 1.54) is 0 Å². The predicted octanol–water partition coefficient (Wildman–Crippen LogP) is 2.34. The Balaban J connectivity index is 2.62. The zero-order valence-electron chi connectivity index (χ0n) is 7.07. The summed E-state index contributed by atoms with van der Waals surface area (Å²) in [6.07, 6.45) is 4.28. The fourth-order valence-electron chi connectivity index (χ4n) is 1.11. The molecule has 0 aliphatic carbocycles. The second-order valence-corrected chi connectivity index (χ2v) is 3.03. The third-order valence-electron chi connectivity index (χ3n) is 1.73. The van der Waals surface area contributed by atoms with Gasteiger partial charge in [-0.2, -0.15) is 0 Å². The van der Waals surface area contributed by atoms with Crippen molar-refractivity contribution in [2.45, 2.75) is 0 Å². The maximum Gasteiger partial charge on any atom is 0.197 e. The van der Waals surface area contributed by atoms with Crippen LogP contribution in [0.25, 0.3) is 11.3 Å². The highest BCUT2D eigenvalue weighted by molar-refractivity contribution is 7.71. The van der Waals surface area contributed by atoms with Crippen LogP contribution < -0.4 is 0 Å². The van der Waals surface area contributed by atoms with E-state index in [-0.39, 0.29) is 4.77 Å². The molecule has 5 heteroatoms. The molecule has 0 aromatic carbocycles. The highest BCUT2D eigenvalue weighted by atomic mass is 32.1. The standard InChI is InChI=1S/C9H6FN3S/c10-7-5-12-9(14)13-8(7)6-1-3-11-4-2-6/h1-5H,(H,12,13,14). The van der Waals surface area contributed by atoms with Gasteiger partial charge in [0.25, 0.3) is 0 Å². The first-order chi connectivity index (χ1) is 6.77. The molecular formula is C9H6FN3S. The number of hydrogen-bond donors (Lipinski definition) is 1. The Bertz CT molecular complexity index is 495. The van der Waals surface area contributed by atoms with Crippen molar-refractivity contribution in [1.82, 2.24) is 15.0 Å². The lowest BCUT2D eigenvalue weighted by Gasteiger charge is -2.01. The van der Waals surface area contributed by atoms with Crippen molar-refractivity contribution in [3.8, 4) is 11.3 Å². The summed E-state index contributed by atoms with van der Waals surface area (Å²) in [5, 5.41) is 0. The van der Waals surface area contributed by atoms with Crippen LogP contribution in [0.2, 0.25) is 0 Å². The van der Waals surface area contributed by atoms with Crippen molar-refractivity contribution in [2.24, 2.45) is 0 Å². The highest BCUT2D eigenvalue weighted by Crippen LogP contribution is 2.17. The van der Waals surface area contributed by atoms with Gasteiger partial charge in [-0.3, -0.25) is 4.98 Å². The largest absolute Gasteiger partial charge is 0.328 e. The molecule has 2 aromatic heterocycles. The lowest BCUT2D eigenvalue weighted by Crippen LogP contribution is -1.92. The molecule has 0 aliphatic rings. The van der Waals surface area contributed by atoms with Gasteiger partial charge in [-0.1, -0.05) is 0 Å². The summed E-state index contributed by atoms with van der Waals surface area (Å²) in [6.45, 7) is 0. The van der Waals surface area contributed by atoms with E-state index in [0.717, 1.165) is 6.20 Å². The summed E-state index contributed by atoms with van der Waals surface area (Å²) >= 11 is 4.81. The van der Waals surface area contributed by atoms with Crippen LogP contribution in [0.4, 0.5) is 4.39 Å². The Hall–Kier alpha value is -1.62. The van der Waals surface area contributed by atoms with Crippen molar-refractivity contribution in [3.63, 3.8) is 0 Å². The maximum absolute atomic E-state index is 13.3. The monoisotopic (exact) mass is 207 g/mol. The zero-order valence-corrected chi connectivity index (χ0v) is 7.88. The third-order valence-corrected chi connectivity index (χ3v) is 1.94. The van der Waals surface area contributed by atoms with E-state index in [4.69, 9.17) is 12.2 Å². The molecule has 1 N–H and O–H groups in total. The van der Waals surface area contributed by atoms with E-state index in [0.29, 0.717) is 11.3 Å². The molecule has 14 heavy (non-hydrogen) atoms. The Labute approximate surface area is 84.7 Å². The van der Waals surface area contributed by atoms with E-state index >= 15 is 0 Å². The number of H-pyrrole nitrogens is 1. The van der Waals surface area contributed by atoms with Gasteiger partial charge in [0, 0.05) is 18.0 Å². The van der Waals surface area contributed by atoms with Crippen LogP contribution in [0.15, 0.2) is 30.7 Å². The number of aromatic nitrogens is 3. The molecule has 0 unspecified atom stereocenters. The molecule has 0 fully saturated rings. The summed E-state index contributed by atoms with van der Waals surface area (Å²) in [7, 11) is 0. The summed E-state index contributed by atoms with van der Waals surface area (Å²) in [5.41, 5.74) is 1.04. The Morgan fingerprint density at radius 1 is 1.29 bits per heavy atom. The van der Waals surface area contributed by atoms with E-state index in [2.05, 4.69) is 15.0 Å². The lowest BCUT2D eigenvalue weighted by atomic mass is 10.2. The molecule has 0 aliphatic heterocycles. The van der Waals surface area contributed by atoms with Gasteiger partial charge in [-0.05, 0) is 24.4 Å². The van der Waals surface area contributed by atoms with Crippen LogP contribution >= 0.6 is 12.2 Å². The first-order valence-electron chi connectivity index (χ1n) is 3.92. The van der Waals surface area contributed by atoms with Crippen LogP contribution in [0, 0.1) is 10.6 Å². The van der Waals surface area contributed by atoms with Gasteiger partial charge < -0.3 is 4.98 Å². The zero-order chi connectivity index (χ0) is 9.97. The Morgan fingerprint density at radius 3 is 2.71 bits per heavy atom. The van der Waals surface area contributed by atoms with Crippen LogP contribution in [0.3, 0.4) is 0 Å². The van der Waals surface area contributed by atoms with Gasteiger partial charge in [-0.15, -0.1) is 0 Å². The van der Waals surface area contributed by atoms with Crippen LogP contribution in [0.5, 0.6) is 0 Å². The second-order valence-electron chi connectivity index (χ2n) is 2.65. The van der Waals surface area contributed by atoms with Gasteiger partial charge in [0.1, 0.15) is 0 Å². The minimum atomic E-state index is -0.426. The van der Waals surface area contributed by atoms with Crippen LogP contribution in [-0.2, 0) is 0 Å². The van der Waals surface area contributed by atoms with Crippen LogP contribution in [-0.4, -0.2) is 15.0 Å². The van der Waals surface area contributed by atoms with Crippen molar-refractivity contribution in [1.29, 1.82) is 0 Å². The van der Waals surface area contributed by atoms with Gasteiger partial charge in [-0.25, -0.2) is 9.37 Å². The van der Waals surface area contributed by atoms with E-state index in [1.54, 1.807) is 24.5 Å². The molecule has 2 heterocycles. The third kappa shape index (κ3) is 1.67. The normalized spacial score (nSPS) is 10.1. The smallest absolute Gasteiger partial charge is 0.197 e.